The lowest BCUT2D eigenvalue weighted by atomic mass is 10.2. The molecule has 2 N–H and O–H groups in total. The average Bonchev–Trinajstić information content (AvgIpc) is 2.49. The SMILES string of the molecule is O=C(N/N=C/c1ccccc1)N/N=C/c1ccccc1. The van der Waals surface area contributed by atoms with Gasteiger partial charge in [-0.15, -0.1) is 0 Å². The van der Waals surface area contributed by atoms with Crippen LogP contribution in [0.25, 0.3) is 0 Å². The van der Waals surface area contributed by atoms with Crippen LogP contribution >= 0.6 is 0 Å². The number of hydrogen-bond acceptors (Lipinski definition) is 3. The molecule has 0 unspecified atom stereocenters. The Hall–Kier alpha value is -2.95. The number of hydrogen-bond donors (Lipinski definition) is 2. The van der Waals surface area contributed by atoms with Crippen LogP contribution in [0.5, 0.6) is 0 Å². The highest BCUT2D eigenvalue weighted by Gasteiger charge is 1.93. The highest BCUT2D eigenvalue weighted by molar-refractivity contribution is 5.83. The molecule has 0 saturated heterocycles. The normalized spacial score (nSPS) is 10.8. The molecule has 2 aromatic rings. The van der Waals surface area contributed by atoms with Crippen LogP contribution in [0, 0.1) is 0 Å². The van der Waals surface area contributed by atoms with Crippen molar-refractivity contribution in [3.63, 3.8) is 0 Å². The smallest absolute Gasteiger partial charge is 0.245 e. The van der Waals surface area contributed by atoms with Gasteiger partial charge in [-0.25, -0.2) is 15.6 Å². The Morgan fingerprint density at radius 2 is 1.15 bits per heavy atom. The summed E-state index contributed by atoms with van der Waals surface area (Å²) in [5.41, 5.74) is 6.45. The maximum atomic E-state index is 11.4. The van der Waals surface area contributed by atoms with E-state index in [9.17, 15) is 4.79 Å². The second-order valence-corrected chi connectivity index (χ2v) is 3.89. The first-order valence-corrected chi connectivity index (χ1v) is 6.07. The van der Waals surface area contributed by atoms with E-state index >= 15 is 0 Å². The van der Waals surface area contributed by atoms with Gasteiger partial charge in [-0.3, -0.25) is 0 Å². The number of nitrogens with zero attached hydrogens (tertiary/aromatic N) is 2. The first-order valence-electron chi connectivity index (χ1n) is 6.07. The summed E-state index contributed by atoms with van der Waals surface area (Å²) in [6, 6.07) is 18.4. The maximum absolute atomic E-state index is 11.4. The molecule has 0 heterocycles. The minimum Gasteiger partial charge on any atom is -0.245 e. The molecule has 0 aliphatic heterocycles. The van der Waals surface area contributed by atoms with Gasteiger partial charge >= 0.3 is 6.03 Å². The molecule has 2 aromatic carbocycles. The highest BCUT2D eigenvalue weighted by atomic mass is 16.2. The highest BCUT2D eigenvalue weighted by Crippen LogP contribution is 1.94. The van der Waals surface area contributed by atoms with Crippen molar-refractivity contribution in [2.45, 2.75) is 0 Å². The van der Waals surface area contributed by atoms with E-state index in [1.165, 1.54) is 0 Å². The minimum absolute atomic E-state index is 0.496. The van der Waals surface area contributed by atoms with E-state index in [-0.39, 0.29) is 0 Å². The number of carbonyl (C=O) groups is 1. The molecule has 0 aromatic heterocycles. The summed E-state index contributed by atoms with van der Waals surface area (Å²) in [6.07, 6.45) is 3.11. The van der Waals surface area contributed by atoms with Crippen molar-refractivity contribution in [3.05, 3.63) is 71.8 Å². The van der Waals surface area contributed by atoms with Crippen LogP contribution in [0.2, 0.25) is 0 Å². The second-order valence-electron chi connectivity index (χ2n) is 3.89. The maximum Gasteiger partial charge on any atom is 0.355 e. The number of urea groups is 1. The molecule has 0 atom stereocenters. The zero-order chi connectivity index (χ0) is 14.0. The zero-order valence-corrected chi connectivity index (χ0v) is 10.7. The van der Waals surface area contributed by atoms with Crippen molar-refractivity contribution in [1.82, 2.24) is 10.9 Å². The quantitative estimate of drug-likeness (QED) is 0.647. The van der Waals surface area contributed by atoms with Gasteiger partial charge in [0.25, 0.3) is 0 Å². The van der Waals surface area contributed by atoms with Gasteiger partial charge in [0.1, 0.15) is 0 Å². The van der Waals surface area contributed by atoms with Gasteiger partial charge in [0.05, 0.1) is 12.4 Å². The Balaban J connectivity index is 1.76. The van der Waals surface area contributed by atoms with Crippen LogP contribution in [0.3, 0.4) is 0 Å². The molecule has 0 aliphatic rings. The number of benzene rings is 2. The van der Waals surface area contributed by atoms with Crippen LogP contribution in [0.4, 0.5) is 4.79 Å². The number of nitrogens with one attached hydrogen (secondary N) is 2. The molecule has 0 aliphatic carbocycles. The van der Waals surface area contributed by atoms with Crippen LogP contribution in [0.15, 0.2) is 70.9 Å². The van der Waals surface area contributed by atoms with Gasteiger partial charge in [0.15, 0.2) is 0 Å². The summed E-state index contributed by atoms with van der Waals surface area (Å²) in [6.45, 7) is 0. The fourth-order valence-corrected chi connectivity index (χ4v) is 1.43. The predicted molar refractivity (Wildman–Crippen MR) is 79.7 cm³/mol. The van der Waals surface area contributed by atoms with Crippen LogP contribution in [0.1, 0.15) is 11.1 Å². The molecule has 0 fully saturated rings. The van der Waals surface area contributed by atoms with Crippen molar-refractivity contribution in [2.24, 2.45) is 10.2 Å². The number of amides is 2. The monoisotopic (exact) mass is 266 g/mol. The lowest BCUT2D eigenvalue weighted by molar-refractivity contribution is 0.242. The molecule has 0 saturated carbocycles. The summed E-state index contributed by atoms with van der Waals surface area (Å²) in [7, 11) is 0. The summed E-state index contributed by atoms with van der Waals surface area (Å²) >= 11 is 0. The van der Waals surface area contributed by atoms with E-state index in [0.29, 0.717) is 0 Å². The summed E-state index contributed by atoms with van der Waals surface area (Å²) in [5, 5.41) is 7.61. The third kappa shape index (κ3) is 4.73. The Labute approximate surface area is 117 Å². The van der Waals surface area contributed by atoms with Crippen molar-refractivity contribution in [2.75, 3.05) is 0 Å². The summed E-state index contributed by atoms with van der Waals surface area (Å²) in [5.74, 6) is 0. The Morgan fingerprint density at radius 3 is 1.55 bits per heavy atom. The molecule has 2 rings (SSSR count). The fraction of sp³-hybridized carbons (Fsp3) is 0. The largest absolute Gasteiger partial charge is 0.355 e. The fourth-order valence-electron chi connectivity index (χ4n) is 1.43. The van der Waals surface area contributed by atoms with Gasteiger partial charge in [-0.2, -0.15) is 10.2 Å². The first-order chi connectivity index (χ1) is 9.84. The number of hydrazone groups is 2. The predicted octanol–water partition coefficient (Wildman–Crippen LogP) is 2.35. The van der Waals surface area contributed by atoms with Gasteiger partial charge in [0.2, 0.25) is 0 Å². The van der Waals surface area contributed by atoms with Gasteiger partial charge < -0.3 is 0 Å². The zero-order valence-electron chi connectivity index (χ0n) is 10.7. The molecule has 5 nitrogen and oxygen atoms in total. The Morgan fingerprint density at radius 1 is 0.750 bits per heavy atom. The molecule has 0 bridgehead atoms. The molecule has 100 valence electrons. The first kappa shape index (κ1) is 13.5. The van der Waals surface area contributed by atoms with Crippen LogP contribution in [-0.2, 0) is 0 Å². The number of carbonyl (C=O) groups excluding carboxylic acids is 1. The third-order valence-electron chi connectivity index (χ3n) is 2.36. The lowest BCUT2D eigenvalue weighted by Crippen LogP contribution is -2.28. The summed E-state index contributed by atoms with van der Waals surface area (Å²) < 4.78 is 0. The van der Waals surface area contributed by atoms with E-state index in [0.717, 1.165) is 11.1 Å². The van der Waals surface area contributed by atoms with E-state index < -0.39 is 6.03 Å². The molecular weight excluding hydrogens is 252 g/mol. The Bertz CT molecular complexity index is 540. The molecule has 5 heteroatoms. The van der Waals surface area contributed by atoms with Crippen LogP contribution in [-0.4, -0.2) is 18.5 Å². The van der Waals surface area contributed by atoms with Crippen molar-refractivity contribution < 1.29 is 4.79 Å². The van der Waals surface area contributed by atoms with Crippen molar-refractivity contribution in [1.29, 1.82) is 0 Å². The molecule has 0 spiro atoms. The summed E-state index contributed by atoms with van der Waals surface area (Å²) in [4.78, 5) is 11.4. The van der Waals surface area contributed by atoms with E-state index in [1.807, 2.05) is 60.7 Å². The molecule has 2 amide bonds. The van der Waals surface area contributed by atoms with E-state index in [1.54, 1.807) is 12.4 Å². The molecular formula is C15H14N4O. The van der Waals surface area contributed by atoms with Gasteiger partial charge in [-0.05, 0) is 11.1 Å². The molecule has 20 heavy (non-hydrogen) atoms. The standard InChI is InChI=1S/C15H14N4O/c20-15(18-16-11-13-7-3-1-4-8-13)19-17-12-14-9-5-2-6-10-14/h1-12H,(H2,18,19,20)/b16-11+,17-12+. The van der Waals surface area contributed by atoms with Gasteiger partial charge in [0, 0.05) is 0 Å². The van der Waals surface area contributed by atoms with E-state index in [2.05, 4.69) is 21.1 Å². The van der Waals surface area contributed by atoms with Crippen molar-refractivity contribution in [3.8, 4) is 0 Å². The third-order valence-corrected chi connectivity index (χ3v) is 2.36. The molecule has 0 radical (unpaired) electrons. The minimum atomic E-state index is -0.496. The van der Waals surface area contributed by atoms with Crippen LogP contribution < -0.4 is 10.9 Å². The van der Waals surface area contributed by atoms with Crippen molar-refractivity contribution >= 4 is 18.5 Å². The lowest BCUT2D eigenvalue weighted by Gasteiger charge is -1.97. The van der Waals surface area contributed by atoms with E-state index in [4.69, 9.17) is 0 Å². The van der Waals surface area contributed by atoms with Gasteiger partial charge in [-0.1, -0.05) is 60.7 Å². The average molecular weight is 266 g/mol. The number of rotatable bonds is 4. The topological polar surface area (TPSA) is 65.8 Å². The second kappa shape index (κ2) is 7.48. The Kier molecular flexibility index (Phi) is 5.04.